The van der Waals surface area contributed by atoms with Crippen molar-refractivity contribution >= 4 is 26.7 Å². The van der Waals surface area contributed by atoms with Gasteiger partial charge in [-0.2, -0.15) is 0 Å². The number of fused-ring (bicyclic) bond motifs is 1. The molecule has 0 atom stereocenters. The molecule has 3 rings (SSSR count). The molecule has 102 valence electrons. The van der Waals surface area contributed by atoms with Crippen LogP contribution in [0.3, 0.4) is 0 Å². The smallest absolute Gasteiger partial charge is 0.183 e. The molecule has 0 unspecified atom stereocenters. The number of anilines is 1. The molecule has 1 aliphatic carbocycles. The number of rotatable bonds is 4. The molecule has 0 saturated heterocycles. The predicted octanol–water partition coefficient (Wildman–Crippen LogP) is 3.50. The van der Waals surface area contributed by atoms with Gasteiger partial charge in [-0.05, 0) is 58.0 Å². The van der Waals surface area contributed by atoms with Crippen LogP contribution < -0.4 is 5.32 Å². The highest BCUT2D eigenvalue weighted by molar-refractivity contribution is 7.22. The molecule has 0 spiro atoms. The van der Waals surface area contributed by atoms with Crippen molar-refractivity contribution in [2.45, 2.75) is 31.7 Å². The fourth-order valence-electron chi connectivity index (χ4n) is 2.72. The van der Waals surface area contributed by atoms with Crippen molar-refractivity contribution in [2.75, 3.05) is 26.0 Å². The van der Waals surface area contributed by atoms with E-state index in [1.807, 2.05) is 0 Å². The lowest BCUT2D eigenvalue weighted by Crippen LogP contribution is -2.54. The Kier molecular flexibility index (Phi) is 3.23. The van der Waals surface area contributed by atoms with Gasteiger partial charge < -0.3 is 10.2 Å². The van der Waals surface area contributed by atoms with Crippen LogP contribution in [0.1, 0.15) is 24.8 Å². The lowest BCUT2D eigenvalue weighted by molar-refractivity contribution is 0.0739. The van der Waals surface area contributed by atoms with Crippen LogP contribution in [0.25, 0.3) is 10.2 Å². The lowest BCUT2D eigenvalue weighted by Gasteiger charge is -2.47. The number of thiazole rings is 1. The monoisotopic (exact) mass is 275 g/mol. The summed E-state index contributed by atoms with van der Waals surface area (Å²) < 4.78 is 1.26. The zero-order chi connectivity index (χ0) is 13.5. The van der Waals surface area contributed by atoms with Gasteiger partial charge >= 0.3 is 0 Å². The van der Waals surface area contributed by atoms with Crippen molar-refractivity contribution in [1.29, 1.82) is 0 Å². The average molecular weight is 275 g/mol. The van der Waals surface area contributed by atoms with Crippen LogP contribution in [-0.4, -0.2) is 36.1 Å². The minimum atomic E-state index is 0.341. The van der Waals surface area contributed by atoms with Gasteiger partial charge in [-0.1, -0.05) is 17.4 Å². The standard InChI is InChI=1S/C15H21N3S/c1-11-5-6-13-12(9-11)17-14(19-13)16-10-15(18(2)3)7-4-8-15/h5-6,9H,4,7-8,10H2,1-3H3,(H,16,17). The van der Waals surface area contributed by atoms with Gasteiger partial charge in [0.25, 0.3) is 0 Å². The number of benzene rings is 1. The Labute approximate surface area is 118 Å². The maximum atomic E-state index is 4.68. The van der Waals surface area contributed by atoms with Crippen LogP contribution in [0.4, 0.5) is 5.13 Å². The topological polar surface area (TPSA) is 28.2 Å². The number of aryl methyl sites for hydroxylation is 1. The van der Waals surface area contributed by atoms with E-state index in [1.165, 1.54) is 29.5 Å². The van der Waals surface area contributed by atoms with E-state index in [9.17, 15) is 0 Å². The molecule has 1 aliphatic rings. The molecular weight excluding hydrogens is 254 g/mol. The number of aromatic nitrogens is 1. The van der Waals surface area contributed by atoms with Gasteiger partial charge in [-0.3, -0.25) is 0 Å². The van der Waals surface area contributed by atoms with Crippen LogP contribution in [0.15, 0.2) is 18.2 Å². The first-order valence-electron chi connectivity index (χ1n) is 6.88. The van der Waals surface area contributed by atoms with E-state index < -0.39 is 0 Å². The Bertz CT molecular complexity index is 584. The van der Waals surface area contributed by atoms with Crippen LogP contribution >= 0.6 is 11.3 Å². The number of hydrogen-bond acceptors (Lipinski definition) is 4. The van der Waals surface area contributed by atoms with Crippen molar-refractivity contribution in [3.05, 3.63) is 23.8 Å². The van der Waals surface area contributed by atoms with Crippen molar-refractivity contribution < 1.29 is 0 Å². The van der Waals surface area contributed by atoms with E-state index in [1.54, 1.807) is 11.3 Å². The molecule has 2 aromatic rings. The summed E-state index contributed by atoms with van der Waals surface area (Å²) in [7, 11) is 4.37. The summed E-state index contributed by atoms with van der Waals surface area (Å²) in [5, 5.41) is 4.59. The van der Waals surface area contributed by atoms with Gasteiger partial charge in [-0.25, -0.2) is 4.98 Å². The number of likely N-dealkylation sites (N-methyl/N-ethyl adjacent to an activating group) is 1. The van der Waals surface area contributed by atoms with Gasteiger partial charge in [0, 0.05) is 12.1 Å². The Balaban J connectivity index is 1.75. The Hall–Kier alpha value is -1.13. The maximum Gasteiger partial charge on any atom is 0.183 e. The second-order valence-corrected chi connectivity index (χ2v) is 6.85. The van der Waals surface area contributed by atoms with Crippen LogP contribution in [-0.2, 0) is 0 Å². The molecule has 0 bridgehead atoms. The Morgan fingerprint density at radius 3 is 2.79 bits per heavy atom. The summed E-state index contributed by atoms with van der Waals surface area (Å²) in [6.07, 6.45) is 3.92. The number of hydrogen-bond donors (Lipinski definition) is 1. The van der Waals surface area contributed by atoms with Gasteiger partial charge in [0.1, 0.15) is 0 Å². The van der Waals surface area contributed by atoms with E-state index in [2.05, 4.69) is 54.4 Å². The first-order valence-corrected chi connectivity index (χ1v) is 7.69. The molecule has 1 aromatic carbocycles. The summed E-state index contributed by atoms with van der Waals surface area (Å²) in [6.45, 7) is 3.11. The van der Waals surface area contributed by atoms with Crippen molar-refractivity contribution in [3.63, 3.8) is 0 Å². The quantitative estimate of drug-likeness (QED) is 0.925. The fourth-order valence-corrected chi connectivity index (χ4v) is 3.56. The van der Waals surface area contributed by atoms with Gasteiger partial charge in [0.15, 0.2) is 5.13 Å². The molecule has 19 heavy (non-hydrogen) atoms. The summed E-state index contributed by atoms with van der Waals surface area (Å²) in [4.78, 5) is 7.05. The first-order chi connectivity index (χ1) is 9.09. The highest BCUT2D eigenvalue weighted by Crippen LogP contribution is 2.37. The predicted molar refractivity (Wildman–Crippen MR) is 83.1 cm³/mol. The van der Waals surface area contributed by atoms with E-state index >= 15 is 0 Å². The molecule has 0 amide bonds. The summed E-state index contributed by atoms with van der Waals surface area (Å²) in [5.74, 6) is 0. The molecule has 1 heterocycles. The van der Waals surface area contributed by atoms with Crippen molar-refractivity contribution in [1.82, 2.24) is 9.88 Å². The SMILES string of the molecule is Cc1ccc2sc(NCC3(N(C)C)CCC3)nc2c1. The third kappa shape index (κ3) is 2.35. The Morgan fingerprint density at radius 1 is 1.37 bits per heavy atom. The van der Waals surface area contributed by atoms with Crippen molar-refractivity contribution in [3.8, 4) is 0 Å². The molecule has 0 aliphatic heterocycles. The number of nitrogens with one attached hydrogen (secondary N) is 1. The van der Waals surface area contributed by atoms with Gasteiger partial charge in [-0.15, -0.1) is 0 Å². The third-order valence-electron chi connectivity index (χ3n) is 4.34. The zero-order valence-electron chi connectivity index (χ0n) is 11.9. The summed E-state index contributed by atoms with van der Waals surface area (Å²) in [6, 6.07) is 6.47. The van der Waals surface area contributed by atoms with Gasteiger partial charge in [0.05, 0.1) is 10.2 Å². The molecule has 1 aromatic heterocycles. The second-order valence-electron chi connectivity index (χ2n) is 5.82. The molecule has 1 N–H and O–H groups in total. The fraction of sp³-hybridized carbons (Fsp3) is 0.533. The molecule has 1 fully saturated rings. The van der Waals surface area contributed by atoms with Gasteiger partial charge in [0.2, 0.25) is 0 Å². The molecule has 4 heteroatoms. The van der Waals surface area contributed by atoms with E-state index in [0.717, 1.165) is 17.2 Å². The van der Waals surface area contributed by atoms with E-state index in [4.69, 9.17) is 0 Å². The average Bonchev–Trinajstić information content (AvgIpc) is 2.68. The van der Waals surface area contributed by atoms with Crippen molar-refractivity contribution in [2.24, 2.45) is 0 Å². The number of nitrogens with zero attached hydrogens (tertiary/aromatic N) is 2. The van der Waals surface area contributed by atoms with Crippen LogP contribution in [0.5, 0.6) is 0 Å². The van der Waals surface area contributed by atoms with E-state index in [0.29, 0.717) is 5.54 Å². The molecular formula is C15H21N3S. The zero-order valence-corrected chi connectivity index (χ0v) is 12.7. The lowest BCUT2D eigenvalue weighted by atomic mass is 9.75. The highest BCUT2D eigenvalue weighted by atomic mass is 32.1. The minimum Gasteiger partial charge on any atom is -0.360 e. The molecule has 0 radical (unpaired) electrons. The maximum absolute atomic E-state index is 4.68. The highest BCUT2D eigenvalue weighted by Gasteiger charge is 2.38. The van der Waals surface area contributed by atoms with E-state index in [-0.39, 0.29) is 0 Å². The first kappa shape index (κ1) is 12.9. The molecule has 1 saturated carbocycles. The minimum absolute atomic E-state index is 0.341. The second kappa shape index (κ2) is 4.76. The third-order valence-corrected chi connectivity index (χ3v) is 5.34. The van der Waals surface area contributed by atoms with Crippen LogP contribution in [0.2, 0.25) is 0 Å². The molecule has 3 nitrogen and oxygen atoms in total. The summed E-state index contributed by atoms with van der Waals surface area (Å²) in [5.41, 5.74) is 2.72. The van der Waals surface area contributed by atoms with Crippen LogP contribution in [0, 0.1) is 6.92 Å². The summed E-state index contributed by atoms with van der Waals surface area (Å²) >= 11 is 1.75. The largest absolute Gasteiger partial charge is 0.360 e. The Morgan fingerprint density at radius 2 is 2.16 bits per heavy atom. The normalized spacial score (nSPS) is 17.7.